The third-order valence-electron chi connectivity index (χ3n) is 5.98. The number of benzene rings is 1. The van der Waals surface area contributed by atoms with E-state index in [9.17, 15) is 13.2 Å². The van der Waals surface area contributed by atoms with Crippen molar-refractivity contribution in [3.05, 3.63) is 29.8 Å². The van der Waals surface area contributed by atoms with E-state index in [0.29, 0.717) is 12.1 Å². The highest BCUT2D eigenvalue weighted by molar-refractivity contribution is 7.94. The molecule has 0 aromatic heterocycles. The van der Waals surface area contributed by atoms with E-state index >= 15 is 0 Å². The maximum Gasteiger partial charge on any atom is 0.243 e. The van der Waals surface area contributed by atoms with Gasteiger partial charge in [0.15, 0.2) is 5.78 Å². The van der Waals surface area contributed by atoms with Crippen molar-refractivity contribution in [3.63, 3.8) is 0 Å². The van der Waals surface area contributed by atoms with Gasteiger partial charge in [-0.2, -0.15) is 0 Å². The molecular formula is C17H23NO3S. The lowest BCUT2D eigenvalue weighted by Gasteiger charge is -2.39. The number of hydrogen-bond acceptors (Lipinski definition) is 3. The summed E-state index contributed by atoms with van der Waals surface area (Å²) in [6, 6.07) is 7.24. The number of anilines is 1. The van der Waals surface area contributed by atoms with E-state index in [0.717, 1.165) is 5.56 Å². The molecule has 4 atom stereocenters. The van der Waals surface area contributed by atoms with Crippen LogP contribution in [0.15, 0.2) is 24.3 Å². The fourth-order valence-corrected chi connectivity index (χ4v) is 6.23. The summed E-state index contributed by atoms with van der Waals surface area (Å²) in [4.78, 5) is 12.6. The number of hydrogen-bond donors (Lipinski definition) is 1. The summed E-state index contributed by atoms with van der Waals surface area (Å²) in [5, 5.41) is -0.914. The number of aryl methyl sites for hydroxylation is 1. The van der Waals surface area contributed by atoms with E-state index in [1.807, 2.05) is 19.1 Å². The van der Waals surface area contributed by atoms with Gasteiger partial charge in [-0.25, -0.2) is 8.42 Å². The van der Waals surface area contributed by atoms with Crippen molar-refractivity contribution in [2.75, 3.05) is 4.72 Å². The Morgan fingerprint density at radius 1 is 1.23 bits per heavy atom. The van der Waals surface area contributed by atoms with Crippen LogP contribution in [0.3, 0.4) is 0 Å². The molecule has 2 fully saturated rings. The van der Waals surface area contributed by atoms with E-state index in [1.165, 1.54) is 0 Å². The Kier molecular flexibility index (Phi) is 3.40. The van der Waals surface area contributed by atoms with Gasteiger partial charge < -0.3 is 0 Å². The van der Waals surface area contributed by atoms with Crippen LogP contribution in [0.4, 0.5) is 5.69 Å². The number of Topliss-reactive ketones (excluding diaryl/α,β-unsaturated/α-hetero) is 1. The first-order chi connectivity index (χ1) is 10.2. The number of carbonyl (C=O) groups excluding carboxylic acids is 1. The number of carbonyl (C=O) groups is 1. The van der Waals surface area contributed by atoms with Gasteiger partial charge in [0.1, 0.15) is 5.25 Å². The van der Waals surface area contributed by atoms with Crippen molar-refractivity contribution >= 4 is 21.5 Å². The second-order valence-electron chi connectivity index (χ2n) is 7.34. The smallest absolute Gasteiger partial charge is 0.243 e. The molecule has 0 heterocycles. The first-order valence-electron chi connectivity index (χ1n) is 7.77. The Morgan fingerprint density at radius 3 is 2.45 bits per heavy atom. The third-order valence-corrected chi connectivity index (χ3v) is 7.72. The van der Waals surface area contributed by atoms with E-state index < -0.39 is 15.3 Å². The minimum Gasteiger partial charge on any atom is -0.298 e. The maximum atomic E-state index is 12.8. The molecule has 2 bridgehead atoms. The zero-order valence-corrected chi connectivity index (χ0v) is 14.3. The van der Waals surface area contributed by atoms with Gasteiger partial charge in [-0.1, -0.05) is 39.0 Å². The molecule has 3 rings (SSSR count). The first kappa shape index (κ1) is 15.5. The Hall–Kier alpha value is -1.36. The molecule has 22 heavy (non-hydrogen) atoms. The predicted molar refractivity (Wildman–Crippen MR) is 87.1 cm³/mol. The summed E-state index contributed by atoms with van der Waals surface area (Å²) in [6.45, 7) is 8.10. The van der Waals surface area contributed by atoms with Gasteiger partial charge in [0, 0.05) is 5.92 Å². The normalized spacial score (nSPS) is 33.2. The zero-order chi connectivity index (χ0) is 16.3. The monoisotopic (exact) mass is 321 g/mol. The highest BCUT2D eigenvalue weighted by Crippen LogP contribution is 2.59. The van der Waals surface area contributed by atoms with Crippen LogP contribution in [-0.4, -0.2) is 19.5 Å². The lowest BCUT2D eigenvalue weighted by atomic mass is 9.69. The molecule has 1 N–H and O–H groups in total. The number of fused-ring (bicyclic) bond motifs is 2. The second-order valence-corrected chi connectivity index (χ2v) is 9.15. The lowest BCUT2D eigenvalue weighted by Crippen LogP contribution is -2.48. The molecule has 0 amide bonds. The second kappa shape index (κ2) is 4.82. The molecule has 4 nitrogen and oxygen atoms in total. The van der Waals surface area contributed by atoms with Crippen LogP contribution in [-0.2, 0) is 14.8 Å². The molecule has 0 saturated heterocycles. The highest BCUT2D eigenvalue weighted by Gasteiger charge is 2.63. The standard InChI is InChI=1S/C17H23NO3S/c1-10-7-5-6-8-14(10)18-22(20,21)16-13-9-12(15(16)19)11(2)17(13,3)4/h5-8,11-13,16,18H,9H2,1-4H3/t11-,12-,13+,16-/m0/s1. The molecule has 2 aliphatic rings. The van der Waals surface area contributed by atoms with Crippen LogP contribution in [0.2, 0.25) is 0 Å². The van der Waals surface area contributed by atoms with E-state index in [4.69, 9.17) is 0 Å². The molecule has 0 spiro atoms. The number of nitrogens with one attached hydrogen (secondary N) is 1. The first-order valence-corrected chi connectivity index (χ1v) is 9.32. The van der Waals surface area contributed by atoms with Gasteiger partial charge in [-0.05, 0) is 42.2 Å². The fourth-order valence-electron chi connectivity index (χ4n) is 4.20. The summed E-state index contributed by atoms with van der Waals surface area (Å²) in [5.41, 5.74) is 1.29. The molecule has 0 aliphatic heterocycles. The van der Waals surface area contributed by atoms with Crippen molar-refractivity contribution < 1.29 is 13.2 Å². The van der Waals surface area contributed by atoms with Crippen LogP contribution in [0.1, 0.15) is 32.8 Å². The van der Waals surface area contributed by atoms with Gasteiger partial charge in [0.25, 0.3) is 0 Å². The molecule has 2 saturated carbocycles. The number of ketones is 1. The van der Waals surface area contributed by atoms with Gasteiger partial charge in [-0.15, -0.1) is 0 Å². The van der Waals surface area contributed by atoms with Crippen molar-refractivity contribution in [3.8, 4) is 0 Å². The molecule has 5 heteroatoms. The zero-order valence-electron chi connectivity index (χ0n) is 13.5. The van der Waals surface area contributed by atoms with Crippen molar-refractivity contribution in [1.82, 2.24) is 0 Å². The minimum atomic E-state index is -3.71. The molecule has 0 unspecified atom stereocenters. The van der Waals surface area contributed by atoms with Crippen molar-refractivity contribution in [2.24, 2.45) is 23.2 Å². The Bertz CT molecular complexity index is 723. The highest BCUT2D eigenvalue weighted by atomic mass is 32.2. The van der Waals surface area contributed by atoms with E-state index in [-0.39, 0.29) is 29.0 Å². The fraction of sp³-hybridized carbons (Fsp3) is 0.588. The van der Waals surface area contributed by atoms with Gasteiger partial charge in [-0.3, -0.25) is 9.52 Å². The van der Waals surface area contributed by atoms with Crippen molar-refractivity contribution in [2.45, 2.75) is 39.4 Å². The Morgan fingerprint density at radius 2 is 1.86 bits per heavy atom. The molecule has 2 aliphatic carbocycles. The summed E-state index contributed by atoms with van der Waals surface area (Å²) >= 11 is 0. The molecule has 120 valence electrons. The van der Waals surface area contributed by atoms with Crippen molar-refractivity contribution in [1.29, 1.82) is 0 Å². The minimum absolute atomic E-state index is 0.0958. The Balaban J connectivity index is 1.94. The van der Waals surface area contributed by atoms with Crippen LogP contribution >= 0.6 is 0 Å². The number of sulfonamides is 1. The average Bonchev–Trinajstić information content (AvgIpc) is 2.88. The topological polar surface area (TPSA) is 63.2 Å². The molecule has 0 radical (unpaired) electrons. The van der Waals surface area contributed by atoms with Gasteiger partial charge >= 0.3 is 0 Å². The average molecular weight is 321 g/mol. The summed E-state index contributed by atoms with van der Waals surface area (Å²) in [6.07, 6.45) is 0.701. The SMILES string of the molecule is Cc1ccccc1NS(=O)(=O)[C@@H]1C(=O)[C@H]2C[C@H]1C(C)(C)[C@H]2C. The quantitative estimate of drug-likeness (QED) is 0.931. The lowest BCUT2D eigenvalue weighted by molar-refractivity contribution is -0.125. The number of para-hydroxylation sites is 1. The van der Waals surface area contributed by atoms with Crippen LogP contribution in [0.25, 0.3) is 0 Å². The molecular weight excluding hydrogens is 298 g/mol. The summed E-state index contributed by atoms with van der Waals surface area (Å²) in [7, 11) is -3.71. The molecule has 1 aromatic carbocycles. The Labute approximate surface area is 132 Å². The van der Waals surface area contributed by atoms with E-state index in [1.54, 1.807) is 12.1 Å². The van der Waals surface area contributed by atoms with Gasteiger partial charge in [0.05, 0.1) is 5.69 Å². The van der Waals surface area contributed by atoms with Gasteiger partial charge in [0.2, 0.25) is 10.0 Å². The van der Waals surface area contributed by atoms with E-state index in [2.05, 4.69) is 25.5 Å². The molecule has 1 aromatic rings. The third kappa shape index (κ3) is 2.09. The summed E-state index contributed by atoms with van der Waals surface area (Å²) in [5.74, 6) is -0.0622. The predicted octanol–water partition coefficient (Wildman–Crippen LogP) is 2.99. The van der Waals surface area contributed by atoms with Crippen LogP contribution in [0, 0.1) is 30.1 Å². The largest absolute Gasteiger partial charge is 0.298 e. The summed E-state index contributed by atoms with van der Waals surface area (Å²) < 4.78 is 28.3. The number of rotatable bonds is 3. The van der Waals surface area contributed by atoms with Crippen LogP contribution in [0.5, 0.6) is 0 Å². The maximum absolute atomic E-state index is 12.8. The van der Waals surface area contributed by atoms with Crippen LogP contribution < -0.4 is 4.72 Å².